The number of nitriles is 1. The maximum absolute atomic E-state index is 9.28. The third kappa shape index (κ3) is 3.04. The molecule has 0 saturated heterocycles. The number of aliphatic hydroxyl groups is 1. The second kappa shape index (κ2) is 5.20. The number of anilines is 1. The Kier molecular flexibility index (Phi) is 3.89. The first-order chi connectivity index (χ1) is 6.76. The predicted molar refractivity (Wildman–Crippen MR) is 53.7 cm³/mol. The zero-order valence-corrected chi connectivity index (χ0v) is 8.07. The molecule has 0 fully saturated rings. The van der Waals surface area contributed by atoms with Crippen molar-refractivity contribution in [2.24, 2.45) is 0 Å². The number of nitrogens with one attached hydrogen (secondary N) is 1. The molecule has 0 bridgehead atoms. The zero-order chi connectivity index (χ0) is 10.4. The zero-order valence-electron chi connectivity index (χ0n) is 8.07. The molecule has 2 N–H and O–H groups in total. The molecule has 0 aromatic carbocycles. The smallest absolute Gasteiger partial charge is 0.140 e. The number of hydrogen-bond acceptors (Lipinski definition) is 4. The molecule has 0 aliphatic heterocycles. The Hall–Kier alpha value is -1.60. The van der Waals surface area contributed by atoms with Crippen LogP contribution in [-0.4, -0.2) is 22.7 Å². The molecule has 0 aliphatic rings. The highest BCUT2D eigenvalue weighted by atomic mass is 16.3. The van der Waals surface area contributed by atoms with Gasteiger partial charge in [-0.15, -0.1) is 0 Å². The largest absolute Gasteiger partial charge is 0.391 e. The lowest BCUT2D eigenvalue weighted by molar-refractivity contribution is 0.183. The van der Waals surface area contributed by atoms with Gasteiger partial charge in [-0.3, -0.25) is 0 Å². The number of nitrogens with zero attached hydrogens (tertiary/aromatic N) is 2. The van der Waals surface area contributed by atoms with E-state index in [1.54, 1.807) is 18.3 Å². The first-order valence-corrected chi connectivity index (χ1v) is 4.54. The van der Waals surface area contributed by atoms with Crippen molar-refractivity contribution in [3.63, 3.8) is 0 Å². The van der Waals surface area contributed by atoms with Crippen LogP contribution in [0.3, 0.4) is 0 Å². The number of aliphatic hydroxyl groups excluding tert-OH is 1. The van der Waals surface area contributed by atoms with Gasteiger partial charge in [0.05, 0.1) is 18.0 Å². The first-order valence-electron chi connectivity index (χ1n) is 4.54. The van der Waals surface area contributed by atoms with Gasteiger partial charge in [0.25, 0.3) is 0 Å². The summed E-state index contributed by atoms with van der Waals surface area (Å²) in [6, 6.07) is 5.35. The van der Waals surface area contributed by atoms with E-state index in [-0.39, 0.29) is 6.10 Å². The van der Waals surface area contributed by atoms with Gasteiger partial charge in [-0.25, -0.2) is 4.98 Å². The lowest BCUT2D eigenvalue weighted by Gasteiger charge is -2.09. The van der Waals surface area contributed by atoms with Crippen molar-refractivity contribution < 1.29 is 5.11 Å². The van der Waals surface area contributed by atoms with Gasteiger partial charge in [0.1, 0.15) is 11.8 Å². The summed E-state index contributed by atoms with van der Waals surface area (Å²) in [7, 11) is 0. The molecule has 0 amide bonds. The molecule has 1 aromatic heterocycles. The van der Waals surface area contributed by atoms with Crippen LogP contribution in [0, 0.1) is 11.3 Å². The van der Waals surface area contributed by atoms with Crippen LogP contribution in [0.2, 0.25) is 0 Å². The fourth-order valence-corrected chi connectivity index (χ4v) is 0.945. The maximum atomic E-state index is 9.28. The van der Waals surface area contributed by atoms with Crippen LogP contribution < -0.4 is 5.32 Å². The van der Waals surface area contributed by atoms with Gasteiger partial charge in [0.2, 0.25) is 0 Å². The van der Waals surface area contributed by atoms with Gasteiger partial charge in [-0.05, 0) is 18.6 Å². The van der Waals surface area contributed by atoms with E-state index in [0.29, 0.717) is 12.2 Å². The fourth-order valence-electron chi connectivity index (χ4n) is 0.945. The van der Waals surface area contributed by atoms with E-state index < -0.39 is 0 Å². The van der Waals surface area contributed by atoms with Crippen molar-refractivity contribution in [1.29, 1.82) is 5.26 Å². The van der Waals surface area contributed by atoms with Gasteiger partial charge in [0.15, 0.2) is 0 Å². The minimum Gasteiger partial charge on any atom is -0.391 e. The molecule has 1 atom stereocenters. The Bertz CT molecular complexity index is 315. The van der Waals surface area contributed by atoms with E-state index in [0.717, 1.165) is 12.1 Å². The summed E-state index contributed by atoms with van der Waals surface area (Å²) in [4.78, 5) is 3.90. The molecule has 1 rings (SSSR count). The summed E-state index contributed by atoms with van der Waals surface area (Å²) >= 11 is 0. The summed E-state index contributed by atoms with van der Waals surface area (Å²) < 4.78 is 0. The molecular weight excluding hydrogens is 178 g/mol. The second-order valence-electron chi connectivity index (χ2n) is 2.99. The topological polar surface area (TPSA) is 68.9 Å². The Morgan fingerprint density at radius 3 is 2.93 bits per heavy atom. The van der Waals surface area contributed by atoms with E-state index in [2.05, 4.69) is 10.3 Å². The summed E-state index contributed by atoms with van der Waals surface area (Å²) in [5.41, 5.74) is 1.21. The number of hydrogen-bond donors (Lipinski definition) is 2. The lowest BCUT2D eigenvalue weighted by atomic mass is 10.2. The van der Waals surface area contributed by atoms with Crippen molar-refractivity contribution >= 4 is 5.69 Å². The molecular formula is C10H13N3O. The molecule has 14 heavy (non-hydrogen) atoms. The van der Waals surface area contributed by atoms with Crippen LogP contribution in [0.5, 0.6) is 0 Å². The monoisotopic (exact) mass is 191 g/mol. The number of pyridine rings is 1. The standard InChI is InChI=1S/C10H13N3O/c1-2-10(14)7-13-9-4-3-8(5-11)12-6-9/h3-4,6,10,13-14H,2,7H2,1H3. The Balaban J connectivity index is 2.49. The molecule has 1 heterocycles. The van der Waals surface area contributed by atoms with Crippen LogP contribution in [-0.2, 0) is 0 Å². The van der Waals surface area contributed by atoms with Crippen molar-refractivity contribution in [2.75, 3.05) is 11.9 Å². The Morgan fingerprint density at radius 2 is 2.43 bits per heavy atom. The van der Waals surface area contributed by atoms with Crippen LogP contribution in [0.4, 0.5) is 5.69 Å². The third-order valence-electron chi connectivity index (χ3n) is 1.89. The predicted octanol–water partition coefficient (Wildman–Crippen LogP) is 1.14. The molecule has 0 saturated carbocycles. The molecule has 1 aromatic rings. The Morgan fingerprint density at radius 1 is 1.64 bits per heavy atom. The van der Waals surface area contributed by atoms with Crippen molar-refractivity contribution in [3.8, 4) is 6.07 Å². The molecule has 0 radical (unpaired) electrons. The van der Waals surface area contributed by atoms with E-state index in [4.69, 9.17) is 5.26 Å². The minimum absolute atomic E-state index is 0.342. The van der Waals surface area contributed by atoms with Crippen LogP contribution in [0.15, 0.2) is 18.3 Å². The lowest BCUT2D eigenvalue weighted by Crippen LogP contribution is -2.18. The summed E-state index contributed by atoms with van der Waals surface area (Å²) in [6.07, 6.45) is 1.96. The van der Waals surface area contributed by atoms with Crippen LogP contribution >= 0.6 is 0 Å². The highest BCUT2D eigenvalue weighted by molar-refractivity contribution is 5.42. The van der Waals surface area contributed by atoms with Gasteiger partial charge in [-0.1, -0.05) is 6.92 Å². The molecule has 1 unspecified atom stereocenters. The van der Waals surface area contributed by atoms with E-state index >= 15 is 0 Å². The first kappa shape index (κ1) is 10.5. The van der Waals surface area contributed by atoms with Crippen molar-refractivity contribution in [1.82, 2.24) is 4.98 Å². The van der Waals surface area contributed by atoms with E-state index in [9.17, 15) is 5.11 Å². The second-order valence-corrected chi connectivity index (χ2v) is 2.99. The average molecular weight is 191 g/mol. The SMILES string of the molecule is CCC(O)CNc1ccc(C#N)nc1. The van der Waals surface area contributed by atoms with Gasteiger partial charge >= 0.3 is 0 Å². The molecule has 4 nitrogen and oxygen atoms in total. The normalized spacial score (nSPS) is 11.8. The summed E-state index contributed by atoms with van der Waals surface area (Å²) in [5, 5.41) is 20.8. The van der Waals surface area contributed by atoms with Gasteiger partial charge < -0.3 is 10.4 Å². The highest BCUT2D eigenvalue weighted by Gasteiger charge is 2.00. The number of rotatable bonds is 4. The third-order valence-corrected chi connectivity index (χ3v) is 1.89. The van der Waals surface area contributed by atoms with Crippen LogP contribution in [0.25, 0.3) is 0 Å². The summed E-state index contributed by atoms with van der Waals surface area (Å²) in [5.74, 6) is 0. The quantitative estimate of drug-likeness (QED) is 0.748. The van der Waals surface area contributed by atoms with E-state index in [1.807, 2.05) is 13.0 Å². The average Bonchev–Trinajstić information content (AvgIpc) is 2.26. The fraction of sp³-hybridized carbons (Fsp3) is 0.400. The molecule has 4 heteroatoms. The maximum Gasteiger partial charge on any atom is 0.140 e. The van der Waals surface area contributed by atoms with Crippen molar-refractivity contribution in [2.45, 2.75) is 19.4 Å². The molecule has 74 valence electrons. The Labute approximate surface area is 83.2 Å². The van der Waals surface area contributed by atoms with Crippen molar-refractivity contribution in [3.05, 3.63) is 24.0 Å². The number of aromatic nitrogens is 1. The minimum atomic E-state index is -0.342. The highest BCUT2D eigenvalue weighted by Crippen LogP contribution is 2.05. The van der Waals surface area contributed by atoms with Gasteiger partial charge in [0, 0.05) is 6.54 Å². The molecule has 0 aliphatic carbocycles. The molecule has 0 spiro atoms. The van der Waals surface area contributed by atoms with E-state index in [1.165, 1.54) is 0 Å². The van der Waals surface area contributed by atoms with Crippen LogP contribution in [0.1, 0.15) is 19.0 Å². The summed E-state index contributed by atoms with van der Waals surface area (Å²) in [6.45, 7) is 2.42. The van der Waals surface area contributed by atoms with Gasteiger partial charge in [-0.2, -0.15) is 5.26 Å².